The van der Waals surface area contributed by atoms with Gasteiger partial charge in [0.25, 0.3) is 15.9 Å². The van der Waals surface area contributed by atoms with Crippen molar-refractivity contribution in [2.45, 2.75) is 18.4 Å². The molecule has 9 nitrogen and oxygen atoms in total. The Morgan fingerprint density at radius 3 is 2.55 bits per heavy atom. The first kappa shape index (κ1) is 23.7. The molecule has 0 aliphatic carbocycles. The Balaban J connectivity index is 2.11. The number of ether oxygens (including phenoxy) is 1. The number of carbonyl (C=O) groups is 1. The Morgan fingerprint density at radius 2 is 1.97 bits per heavy atom. The van der Waals surface area contributed by atoms with Gasteiger partial charge in [-0.2, -0.15) is 8.78 Å². The molecule has 1 aromatic heterocycles. The van der Waals surface area contributed by atoms with E-state index in [1.54, 1.807) is 14.0 Å². The van der Waals surface area contributed by atoms with Crippen LogP contribution in [0.4, 0.5) is 8.78 Å². The molecule has 0 fully saturated rings. The van der Waals surface area contributed by atoms with Crippen molar-refractivity contribution in [2.75, 3.05) is 13.6 Å². The second kappa shape index (κ2) is 10.5. The van der Waals surface area contributed by atoms with Gasteiger partial charge in [0.1, 0.15) is 5.75 Å². The number of nitrogens with one attached hydrogen (secondary N) is 2. The Bertz CT molecular complexity index is 1090. The van der Waals surface area contributed by atoms with Crippen LogP contribution in [0.25, 0.3) is 0 Å². The van der Waals surface area contributed by atoms with Crippen molar-refractivity contribution in [3.05, 3.63) is 60.2 Å². The van der Waals surface area contributed by atoms with Gasteiger partial charge in [-0.25, -0.2) is 17.4 Å². The molecule has 166 valence electrons. The highest BCUT2D eigenvalue weighted by Gasteiger charge is 2.19. The predicted octanol–water partition coefficient (Wildman–Crippen LogP) is 2.24. The smallest absolute Gasteiger partial charge is 0.387 e. The highest BCUT2D eigenvalue weighted by molar-refractivity contribution is 7.90. The van der Waals surface area contributed by atoms with Crippen LogP contribution in [0.3, 0.4) is 0 Å². The van der Waals surface area contributed by atoms with Crippen LogP contribution in [0, 0.1) is 0 Å². The standard InChI is InChI=1S/C19H21F2N5O4S/c1-13(22-2)24-10-15(23-3)11-25-18(27)14-8-9-26(12-14)31(28,29)17-6-4-16(5-7-17)30-19(20)21/h4-10,12,19H,3,11H2,1-2H3,(H,22,24)(H,25,27)/b15-10-. The van der Waals surface area contributed by atoms with Crippen molar-refractivity contribution in [1.82, 2.24) is 14.6 Å². The van der Waals surface area contributed by atoms with Crippen LogP contribution in [0.1, 0.15) is 17.3 Å². The highest BCUT2D eigenvalue weighted by atomic mass is 32.2. The summed E-state index contributed by atoms with van der Waals surface area (Å²) in [5, 5.41) is 5.43. The minimum absolute atomic E-state index is 0.0341. The summed E-state index contributed by atoms with van der Waals surface area (Å²) in [4.78, 5) is 20.0. The van der Waals surface area contributed by atoms with E-state index in [9.17, 15) is 22.0 Å². The molecule has 0 bridgehead atoms. The highest BCUT2D eigenvalue weighted by Crippen LogP contribution is 2.20. The monoisotopic (exact) mass is 453 g/mol. The van der Waals surface area contributed by atoms with Crippen molar-refractivity contribution in [1.29, 1.82) is 0 Å². The zero-order chi connectivity index (χ0) is 23.0. The summed E-state index contributed by atoms with van der Waals surface area (Å²) in [6.45, 7) is 2.18. The van der Waals surface area contributed by atoms with Crippen LogP contribution >= 0.6 is 0 Å². The van der Waals surface area contributed by atoms with Crippen LogP contribution in [-0.4, -0.2) is 51.1 Å². The van der Waals surface area contributed by atoms with E-state index in [2.05, 4.69) is 32.1 Å². The predicted molar refractivity (Wildman–Crippen MR) is 112 cm³/mol. The average molecular weight is 453 g/mol. The van der Waals surface area contributed by atoms with E-state index < -0.39 is 22.5 Å². The number of hydrogen-bond acceptors (Lipinski definition) is 6. The van der Waals surface area contributed by atoms with Crippen LogP contribution in [0.15, 0.2) is 69.5 Å². The van der Waals surface area contributed by atoms with Crippen molar-refractivity contribution < 1.29 is 26.7 Å². The summed E-state index contributed by atoms with van der Waals surface area (Å²) in [6.07, 6.45) is 3.79. The summed E-state index contributed by atoms with van der Waals surface area (Å²) in [5.74, 6) is -0.0579. The van der Waals surface area contributed by atoms with E-state index in [0.717, 1.165) is 34.4 Å². The van der Waals surface area contributed by atoms with Gasteiger partial charge in [0.05, 0.1) is 34.7 Å². The molecule has 31 heavy (non-hydrogen) atoms. The molecule has 0 spiro atoms. The number of halogens is 2. The number of nitrogens with zero attached hydrogens (tertiary/aromatic N) is 3. The van der Waals surface area contributed by atoms with E-state index in [-0.39, 0.29) is 22.8 Å². The maximum Gasteiger partial charge on any atom is 0.387 e. The first-order valence-corrected chi connectivity index (χ1v) is 10.3. The SMILES string of the molecule is C=N/C(=C\N=C(/C)NC)CNC(=O)c1ccn(S(=O)(=O)c2ccc(OC(F)F)cc2)c1. The number of alkyl halides is 2. The van der Waals surface area contributed by atoms with Gasteiger partial charge in [-0.05, 0) is 44.0 Å². The first-order chi connectivity index (χ1) is 14.7. The largest absolute Gasteiger partial charge is 0.435 e. The van der Waals surface area contributed by atoms with Crippen molar-refractivity contribution in [2.24, 2.45) is 9.98 Å². The lowest BCUT2D eigenvalue weighted by Gasteiger charge is -2.08. The van der Waals surface area contributed by atoms with Crippen molar-refractivity contribution in [3.63, 3.8) is 0 Å². The van der Waals surface area contributed by atoms with E-state index in [0.29, 0.717) is 11.5 Å². The number of rotatable bonds is 9. The molecule has 0 saturated carbocycles. The molecule has 12 heteroatoms. The van der Waals surface area contributed by atoms with Gasteiger partial charge < -0.3 is 15.4 Å². The van der Waals surface area contributed by atoms with Gasteiger partial charge >= 0.3 is 6.61 Å². The number of amidine groups is 1. The van der Waals surface area contributed by atoms with E-state index in [4.69, 9.17) is 0 Å². The molecule has 2 N–H and O–H groups in total. The van der Waals surface area contributed by atoms with E-state index >= 15 is 0 Å². The maximum atomic E-state index is 12.7. The number of aliphatic imine (C=N–C) groups is 2. The summed E-state index contributed by atoms with van der Waals surface area (Å²) < 4.78 is 54.9. The van der Waals surface area contributed by atoms with Gasteiger partial charge in [0.2, 0.25) is 0 Å². The molecule has 0 unspecified atom stereocenters. The molecule has 1 amide bonds. The summed E-state index contributed by atoms with van der Waals surface area (Å²) in [7, 11) is -2.32. The number of benzene rings is 1. The molecule has 0 atom stereocenters. The fourth-order valence-electron chi connectivity index (χ4n) is 2.23. The summed E-state index contributed by atoms with van der Waals surface area (Å²) in [6, 6.07) is 5.82. The van der Waals surface area contributed by atoms with Gasteiger partial charge in [0, 0.05) is 19.4 Å². The third-order valence-electron chi connectivity index (χ3n) is 3.96. The Morgan fingerprint density at radius 1 is 1.29 bits per heavy atom. The molecule has 2 aromatic rings. The van der Waals surface area contributed by atoms with Crippen LogP contribution in [-0.2, 0) is 10.0 Å². The van der Waals surface area contributed by atoms with Crippen LogP contribution in [0.5, 0.6) is 5.75 Å². The van der Waals surface area contributed by atoms with Crippen LogP contribution < -0.4 is 15.4 Å². The van der Waals surface area contributed by atoms with Crippen molar-refractivity contribution >= 4 is 28.5 Å². The van der Waals surface area contributed by atoms with Crippen LogP contribution in [0.2, 0.25) is 0 Å². The van der Waals surface area contributed by atoms with Gasteiger partial charge in [0.15, 0.2) is 0 Å². The first-order valence-electron chi connectivity index (χ1n) is 8.82. The quantitative estimate of drug-likeness (QED) is 0.447. The topological polar surface area (TPSA) is 114 Å². The molecule has 1 heterocycles. The molecular weight excluding hydrogens is 432 g/mol. The minimum atomic E-state index is -4.02. The zero-order valence-corrected chi connectivity index (χ0v) is 17.6. The number of carbonyl (C=O) groups excluding carboxylic acids is 1. The second-order valence-corrected chi connectivity index (χ2v) is 7.85. The van der Waals surface area contributed by atoms with Gasteiger partial charge in [-0.1, -0.05) is 0 Å². The van der Waals surface area contributed by atoms with Crippen molar-refractivity contribution in [3.8, 4) is 5.75 Å². The van der Waals surface area contributed by atoms with Gasteiger partial charge in [-0.3, -0.25) is 9.79 Å². The molecule has 0 radical (unpaired) electrons. The molecular formula is C19H21F2N5O4S. The van der Waals surface area contributed by atoms with Gasteiger partial charge in [-0.15, -0.1) is 0 Å². The fraction of sp³-hybridized carbons (Fsp3) is 0.211. The Kier molecular flexibility index (Phi) is 8.02. The lowest BCUT2D eigenvalue weighted by molar-refractivity contribution is -0.0498. The molecule has 0 aliphatic heterocycles. The third-order valence-corrected chi connectivity index (χ3v) is 5.61. The molecule has 0 aliphatic rings. The minimum Gasteiger partial charge on any atom is -0.435 e. The average Bonchev–Trinajstić information content (AvgIpc) is 3.24. The lowest BCUT2D eigenvalue weighted by Crippen LogP contribution is -2.25. The zero-order valence-electron chi connectivity index (χ0n) is 16.7. The Labute approximate surface area is 178 Å². The number of aromatic nitrogens is 1. The normalized spacial score (nSPS) is 12.5. The van der Waals surface area contributed by atoms with E-state index in [1.807, 2.05) is 0 Å². The maximum absolute atomic E-state index is 12.7. The fourth-order valence-corrected chi connectivity index (χ4v) is 3.42. The number of amides is 1. The molecule has 2 rings (SSSR count). The molecule has 0 saturated heterocycles. The third kappa shape index (κ3) is 6.47. The Hall–Kier alpha value is -3.54. The molecule has 1 aromatic carbocycles. The summed E-state index contributed by atoms with van der Waals surface area (Å²) >= 11 is 0. The number of hydrogen-bond donors (Lipinski definition) is 2. The summed E-state index contributed by atoms with van der Waals surface area (Å²) in [5.41, 5.74) is 0.501. The second-order valence-electron chi connectivity index (χ2n) is 6.01. The van der Waals surface area contributed by atoms with E-state index in [1.165, 1.54) is 18.5 Å². The lowest BCUT2D eigenvalue weighted by atomic mass is 10.3.